The molecule has 2 aliphatic heterocycles. The molecule has 0 fully saturated rings. The predicted octanol–water partition coefficient (Wildman–Crippen LogP) is 18.5. The minimum atomic E-state index is -2.50. The summed E-state index contributed by atoms with van der Waals surface area (Å²) in [7, 11) is 0. The molecule has 16 aromatic rings. The standard InChI is InChI=1S/C80H52BN5/c1-50-44-75-80-76(45-50)86(70-43-23-42-69-79(70)59-36-18-21-40-67(59)82(69)52-26-8-3-9-27-52)74-47-62-56-33-17-20-39-66(56)84(54-30-12-5-13-31-54)72(62)49-64(74)81(80)63-48-71-61(55-32-16-19-38-65(55)83(71)53-28-10-4-11-29-53)46-73(63)85(75)68-41-22-37-60-77(51-24-6-2-7-25-51)57-34-14-15-35-58(57)78(60)68/h2-49,77H,1H3/i1D3. The molecule has 86 heavy (non-hydrogen) atoms. The molecule has 0 radical (unpaired) electrons. The molecule has 13 aromatic carbocycles. The van der Waals surface area contributed by atoms with Crippen LogP contribution in [0.15, 0.2) is 291 Å². The first-order valence-electron chi connectivity index (χ1n) is 31.2. The van der Waals surface area contributed by atoms with Gasteiger partial charge in [0.05, 0.1) is 44.5 Å². The summed E-state index contributed by atoms with van der Waals surface area (Å²) in [6.45, 7) is -2.90. The molecule has 1 unspecified atom stereocenters. The first-order valence-corrected chi connectivity index (χ1v) is 29.7. The summed E-state index contributed by atoms with van der Waals surface area (Å²) in [5, 5.41) is 6.65. The third kappa shape index (κ3) is 6.50. The van der Waals surface area contributed by atoms with E-state index >= 15 is 0 Å². The number of para-hydroxylation sites is 6. The van der Waals surface area contributed by atoms with Crippen molar-refractivity contribution in [3.05, 3.63) is 313 Å². The predicted molar refractivity (Wildman–Crippen MR) is 361 cm³/mol. The molecule has 0 bridgehead atoms. The fraction of sp³-hybridized carbons (Fsp3) is 0.0250. The lowest BCUT2D eigenvalue weighted by Crippen LogP contribution is -2.61. The maximum Gasteiger partial charge on any atom is 0.252 e. The largest absolute Gasteiger partial charge is 0.311 e. The molecule has 400 valence electrons. The number of fused-ring (bicyclic) bond motifs is 16. The van der Waals surface area contributed by atoms with Gasteiger partial charge in [-0.3, -0.25) is 0 Å². The Kier molecular flexibility index (Phi) is 9.30. The molecule has 6 heteroatoms. The molecule has 0 N–H and O–H groups in total. The van der Waals surface area contributed by atoms with E-state index in [1.807, 2.05) is 12.1 Å². The van der Waals surface area contributed by atoms with Crippen molar-refractivity contribution < 1.29 is 4.11 Å². The van der Waals surface area contributed by atoms with Crippen molar-refractivity contribution in [1.29, 1.82) is 0 Å². The van der Waals surface area contributed by atoms with E-state index in [0.29, 0.717) is 0 Å². The SMILES string of the molecule is [2H]C([2H])([2H])c1cc2c3c(c1)N(c1cccc4c1c1ccccc1n4-c1ccccc1)c1cc4c5ccccc5n(-c5ccccc5)c4cc1B3c1cc3c(cc1N2c1cccc2c1-c1ccccc1C2c1ccccc1)c1ccccc1n3-c1ccccc1. The quantitative estimate of drug-likeness (QED) is 0.155. The van der Waals surface area contributed by atoms with E-state index in [1.54, 1.807) is 0 Å². The Morgan fingerprint density at radius 3 is 1.35 bits per heavy atom. The van der Waals surface area contributed by atoms with Crippen LogP contribution < -0.4 is 26.2 Å². The van der Waals surface area contributed by atoms with E-state index in [4.69, 9.17) is 0 Å². The second kappa shape index (κ2) is 18.0. The fourth-order valence-corrected chi connectivity index (χ4v) is 15.6. The van der Waals surface area contributed by atoms with Crippen LogP contribution >= 0.6 is 0 Å². The van der Waals surface area contributed by atoms with Crippen LogP contribution in [0.4, 0.5) is 34.1 Å². The van der Waals surface area contributed by atoms with Crippen LogP contribution in [0.3, 0.4) is 0 Å². The highest BCUT2D eigenvalue weighted by Gasteiger charge is 2.46. The van der Waals surface area contributed by atoms with E-state index < -0.39 is 13.6 Å². The highest BCUT2D eigenvalue weighted by atomic mass is 15.2. The van der Waals surface area contributed by atoms with E-state index in [9.17, 15) is 4.11 Å². The van der Waals surface area contributed by atoms with Crippen molar-refractivity contribution in [3.8, 4) is 28.2 Å². The monoisotopic (exact) mass is 1100 g/mol. The number of anilines is 6. The first-order chi connectivity index (χ1) is 43.9. The minimum absolute atomic E-state index is 0.0204. The number of hydrogen-bond acceptors (Lipinski definition) is 2. The molecular weight excluding hydrogens is 1040 g/mol. The summed E-state index contributed by atoms with van der Waals surface area (Å²) >= 11 is 0. The Morgan fingerprint density at radius 2 is 0.767 bits per heavy atom. The Balaban J connectivity index is 1.00. The van der Waals surface area contributed by atoms with Gasteiger partial charge in [0.1, 0.15) is 0 Å². The normalized spacial score (nSPS) is 14.6. The Hall–Kier alpha value is -11.1. The van der Waals surface area contributed by atoms with Crippen LogP contribution in [0.2, 0.25) is 0 Å². The van der Waals surface area contributed by atoms with Crippen molar-refractivity contribution in [3.63, 3.8) is 0 Å². The van der Waals surface area contributed by atoms with Gasteiger partial charge in [0, 0.05) is 87.7 Å². The van der Waals surface area contributed by atoms with Crippen LogP contribution in [-0.2, 0) is 0 Å². The average Bonchev–Trinajstić information content (AvgIpc) is 1.71. The van der Waals surface area contributed by atoms with E-state index in [1.165, 1.54) is 22.3 Å². The summed E-state index contributed by atoms with van der Waals surface area (Å²) < 4.78 is 36.0. The molecule has 0 saturated carbocycles. The molecule has 3 aliphatic rings. The number of aryl methyl sites for hydroxylation is 1. The molecule has 5 heterocycles. The van der Waals surface area contributed by atoms with Crippen LogP contribution in [0.25, 0.3) is 93.6 Å². The summed E-state index contributed by atoms with van der Waals surface area (Å²) in [6, 6.07) is 105. The first kappa shape index (κ1) is 44.5. The second-order valence-corrected chi connectivity index (χ2v) is 23.3. The van der Waals surface area contributed by atoms with Gasteiger partial charge in [0.2, 0.25) is 0 Å². The highest BCUT2D eigenvalue weighted by molar-refractivity contribution is 7.00. The van der Waals surface area contributed by atoms with Gasteiger partial charge in [0.15, 0.2) is 0 Å². The van der Waals surface area contributed by atoms with Crippen molar-refractivity contribution in [1.82, 2.24) is 13.7 Å². The number of hydrogen-bond donors (Lipinski definition) is 0. The minimum Gasteiger partial charge on any atom is -0.311 e. The van der Waals surface area contributed by atoms with E-state index in [-0.39, 0.29) is 11.5 Å². The van der Waals surface area contributed by atoms with Crippen molar-refractivity contribution >= 4 is 123 Å². The Labute approximate surface area is 502 Å². The van der Waals surface area contributed by atoms with Crippen LogP contribution in [0, 0.1) is 6.85 Å². The van der Waals surface area contributed by atoms with Gasteiger partial charge in [0.25, 0.3) is 6.71 Å². The number of benzene rings is 13. The van der Waals surface area contributed by atoms with Gasteiger partial charge >= 0.3 is 0 Å². The van der Waals surface area contributed by atoms with Gasteiger partial charge in [-0.05, 0) is 160 Å². The maximum atomic E-state index is 9.59. The van der Waals surface area contributed by atoms with Gasteiger partial charge in [-0.1, -0.05) is 182 Å². The van der Waals surface area contributed by atoms with Crippen LogP contribution in [-0.4, -0.2) is 20.4 Å². The van der Waals surface area contributed by atoms with Crippen molar-refractivity contribution in [2.75, 3.05) is 9.80 Å². The smallest absolute Gasteiger partial charge is 0.252 e. The van der Waals surface area contributed by atoms with Crippen LogP contribution in [0.1, 0.15) is 32.3 Å². The lowest BCUT2D eigenvalue weighted by atomic mass is 9.33. The Bertz CT molecular complexity index is 5630. The molecule has 3 aromatic heterocycles. The fourth-order valence-electron chi connectivity index (χ4n) is 15.6. The number of nitrogens with zero attached hydrogens (tertiary/aromatic N) is 5. The third-order valence-corrected chi connectivity index (χ3v) is 18.9. The highest BCUT2D eigenvalue weighted by Crippen LogP contribution is 2.56. The van der Waals surface area contributed by atoms with Crippen LogP contribution in [0.5, 0.6) is 0 Å². The van der Waals surface area contributed by atoms with Crippen molar-refractivity contribution in [2.45, 2.75) is 12.8 Å². The van der Waals surface area contributed by atoms with Gasteiger partial charge in [-0.25, -0.2) is 0 Å². The van der Waals surface area contributed by atoms with Gasteiger partial charge in [-0.15, -0.1) is 0 Å². The third-order valence-electron chi connectivity index (χ3n) is 18.9. The summed E-state index contributed by atoms with van der Waals surface area (Å²) in [4.78, 5) is 4.90. The topological polar surface area (TPSA) is 21.3 Å². The zero-order chi connectivity index (χ0) is 58.8. The molecule has 5 nitrogen and oxygen atoms in total. The summed E-state index contributed by atoms with van der Waals surface area (Å²) in [6.07, 6.45) is 0. The van der Waals surface area contributed by atoms with Gasteiger partial charge < -0.3 is 23.5 Å². The van der Waals surface area contributed by atoms with E-state index in [0.717, 1.165) is 139 Å². The van der Waals surface area contributed by atoms with Gasteiger partial charge in [-0.2, -0.15) is 0 Å². The maximum absolute atomic E-state index is 9.59. The lowest BCUT2D eigenvalue weighted by Gasteiger charge is -2.45. The molecule has 1 aliphatic carbocycles. The Morgan fingerprint density at radius 1 is 0.326 bits per heavy atom. The van der Waals surface area contributed by atoms with E-state index in [2.05, 4.69) is 303 Å². The lowest BCUT2D eigenvalue weighted by molar-refractivity contribution is 1.01. The van der Waals surface area contributed by atoms with Crippen molar-refractivity contribution in [2.24, 2.45) is 0 Å². The molecular formula is C80H52BN5. The molecule has 0 amide bonds. The molecule has 0 saturated heterocycles. The summed E-state index contributed by atoms with van der Waals surface area (Å²) in [5.74, 6) is -0.0204. The zero-order valence-corrected chi connectivity index (χ0v) is 46.6. The summed E-state index contributed by atoms with van der Waals surface area (Å²) in [5.41, 5.74) is 24.9. The number of aromatic nitrogens is 3. The molecule has 1 atom stereocenters. The average molecular weight is 1100 g/mol. The molecule has 0 spiro atoms. The second-order valence-electron chi connectivity index (χ2n) is 23.3. The zero-order valence-electron chi connectivity index (χ0n) is 49.6. The molecule has 19 rings (SSSR count). The number of rotatable bonds is 6.